The molecule has 0 heterocycles. The van der Waals surface area contributed by atoms with E-state index in [2.05, 4.69) is 38.2 Å². The summed E-state index contributed by atoms with van der Waals surface area (Å²) in [7, 11) is 1.65. The zero-order chi connectivity index (χ0) is 28.7. The largest absolute Gasteiger partial charge is 0.476 e. The quantitative estimate of drug-likeness (QED) is 0.369. The van der Waals surface area contributed by atoms with Crippen molar-refractivity contribution in [2.75, 3.05) is 32.1 Å². The van der Waals surface area contributed by atoms with E-state index in [0.717, 1.165) is 16.8 Å². The number of nitrogens with zero attached hydrogens (tertiary/aromatic N) is 1. The lowest BCUT2D eigenvalue weighted by Crippen LogP contribution is -2.43. The Hall–Kier alpha value is -2.90. The Bertz CT molecular complexity index is 1080. The molecule has 7 heteroatoms. The monoisotopic (exact) mass is 526 g/mol. The Morgan fingerprint density at radius 3 is 2.08 bits per heavy atom. The zero-order valence-corrected chi connectivity index (χ0v) is 24.9. The van der Waals surface area contributed by atoms with Crippen LogP contribution in [-0.2, 0) is 31.0 Å². The molecule has 210 valence electrons. The molecule has 0 aromatic heterocycles. The third-order valence-electron chi connectivity index (χ3n) is 5.94. The molecule has 0 radical (unpaired) electrons. The molecule has 0 aliphatic carbocycles. The van der Waals surface area contributed by atoms with Gasteiger partial charge in [-0.25, -0.2) is 4.79 Å². The maximum Gasteiger partial charge on any atom is 0.350 e. The van der Waals surface area contributed by atoms with E-state index < -0.39 is 17.2 Å². The molecule has 0 atom stereocenters. The molecule has 1 amide bonds. The summed E-state index contributed by atoms with van der Waals surface area (Å²) in [6.45, 7) is 19.3. The summed E-state index contributed by atoms with van der Waals surface area (Å²) in [4.78, 5) is 27.5. The summed E-state index contributed by atoms with van der Waals surface area (Å²) in [5, 5.41) is 3.06. The van der Waals surface area contributed by atoms with Crippen LogP contribution >= 0.6 is 0 Å². The Balaban J connectivity index is 2.04. The van der Waals surface area contributed by atoms with E-state index in [4.69, 9.17) is 14.2 Å². The van der Waals surface area contributed by atoms with Gasteiger partial charge < -0.3 is 19.5 Å². The number of nitrogens with one attached hydrogen (secondary N) is 1. The standard InChI is InChI=1S/C31H46N2O5/c1-22-19-24(29(2,3)4)13-16-26(22)32-27(34)21-33(17-18-36-10)20-23-11-14-25(15-12-23)37-31(8,9)28(35)38-30(5,6)7/h11-16,19H,17-18,20-21H2,1-10H3,(H,32,34). The highest BCUT2D eigenvalue weighted by atomic mass is 16.6. The van der Waals surface area contributed by atoms with Crippen molar-refractivity contribution < 1.29 is 23.8 Å². The first-order valence-corrected chi connectivity index (χ1v) is 13.1. The molecule has 1 N–H and O–H groups in total. The van der Waals surface area contributed by atoms with Gasteiger partial charge in [0.2, 0.25) is 5.91 Å². The molecule has 38 heavy (non-hydrogen) atoms. The summed E-state index contributed by atoms with van der Waals surface area (Å²) in [5.41, 5.74) is 2.45. The second-order valence-corrected chi connectivity index (χ2v) is 12.3. The number of ether oxygens (including phenoxy) is 3. The van der Waals surface area contributed by atoms with Crippen LogP contribution in [0, 0.1) is 6.92 Å². The van der Waals surface area contributed by atoms with Crippen molar-refractivity contribution >= 4 is 17.6 Å². The fourth-order valence-corrected chi connectivity index (χ4v) is 3.76. The molecular formula is C31H46N2O5. The van der Waals surface area contributed by atoms with Gasteiger partial charge in [-0.15, -0.1) is 0 Å². The van der Waals surface area contributed by atoms with Crippen LogP contribution in [0.4, 0.5) is 5.69 Å². The molecule has 0 spiro atoms. The van der Waals surface area contributed by atoms with Crippen molar-refractivity contribution in [3.63, 3.8) is 0 Å². The summed E-state index contributed by atoms with van der Waals surface area (Å²) in [5.74, 6) is 0.0702. The van der Waals surface area contributed by atoms with Gasteiger partial charge in [0, 0.05) is 25.9 Å². The Kier molecular flexibility index (Phi) is 10.5. The summed E-state index contributed by atoms with van der Waals surface area (Å²) >= 11 is 0. The predicted octanol–water partition coefficient (Wildman–Crippen LogP) is 5.88. The van der Waals surface area contributed by atoms with Gasteiger partial charge in [-0.2, -0.15) is 0 Å². The van der Waals surface area contributed by atoms with E-state index in [1.165, 1.54) is 5.56 Å². The minimum absolute atomic E-state index is 0.0519. The highest BCUT2D eigenvalue weighted by Crippen LogP contribution is 2.27. The fraction of sp³-hybridized carbons (Fsp3) is 0.548. The van der Waals surface area contributed by atoms with Crippen molar-refractivity contribution in [3.8, 4) is 5.75 Å². The maximum atomic E-state index is 12.9. The molecule has 0 aliphatic rings. The van der Waals surface area contributed by atoms with Gasteiger partial charge in [-0.1, -0.05) is 45.0 Å². The molecule has 0 fully saturated rings. The van der Waals surface area contributed by atoms with Crippen LogP contribution in [-0.4, -0.2) is 54.8 Å². The van der Waals surface area contributed by atoms with E-state index in [0.29, 0.717) is 25.4 Å². The summed E-state index contributed by atoms with van der Waals surface area (Å²) < 4.78 is 16.7. The number of hydrogen-bond acceptors (Lipinski definition) is 6. The van der Waals surface area contributed by atoms with E-state index >= 15 is 0 Å². The second kappa shape index (κ2) is 12.8. The number of carbonyl (C=O) groups excluding carboxylic acids is 2. The normalized spacial score (nSPS) is 12.4. The smallest absolute Gasteiger partial charge is 0.350 e. The number of benzene rings is 2. The number of methoxy groups -OCH3 is 1. The fourth-order valence-electron chi connectivity index (χ4n) is 3.76. The van der Waals surface area contributed by atoms with Crippen LogP contribution in [0.5, 0.6) is 5.75 Å². The highest BCUT2D eigenvalue weighted by molar-refractivity contribution is 5.93. The topological polar surface area (TPSA) is 77.1 Å². The van der Waals surface area contributed by atoms with Crippen molar-refractivity contribution in [2.45, 2.75) is 85.5 Å². The van der Waals surface area contributed by atoms with Gasteiger partial charge in [0.1, 0.15) is 11.4 Å². The Morgan fingerprint density at radius 2 is 1.55 bits per heavy atom. The number of hydrogen-bond donors (Lipinski definition) is 1. The summed E-state index contributed by atoms with van der Waals surface area (Å²) in [6, 6.07) is 13.7. The lowest BCUT2D eigenvalue weighted by atomic mass is 9.86. The van der Waals surface area contributed by atoms with E-state index in [9.17, 15) is 9.59 Å². The minimum atomic E-state index is -1.12. The third-order valence-corrected chi connectivity index (χ3v) is 5.94. The van der Waals surface area contributed by atoms with E-state index in [1.807, 2.05) is 62.9 Å². The van der Waals surface area contributed by atoms with Crippen molar-refractivity contribution in [1.82, 2.24) is 4.90 Å². The van der Waals surface area contributed by atoms with Crippen LogP contribution in [0.1, 0.15) is 72.1 Å². The molecule has 7 nitrogen and oxygen atoms in total. The van der Waals surface area contributed by atoms with Gasteiger partial charge in [-0.05, 0) is 81.8 Å². The predicted molar refractivity (Wildman–Crippen MR) is 153 cm³/mol. The number of amides is 1. The number of esters is 1. The SMILES string of the molecule is COCCN(CC(=O)Nc1ccc(C(C)(C)C)cc1C)Cc1ccc(OC(C)(C)C(=O)OC(C)(C)C)cc1. The molecule has 0 bridgehead atoms. The van der Waals surface area contributed by atoms with Crippen LogP contribution in [0.25, 0.3) is 0 Å². The average molecular weight is 527 g/mol. The van der Waals surface area contributed by atoms with Crippen LogP contribution in [0.3, 0.4) is 0 Å². The lowest BCUT2D eigenvalue weighted by molar-refractivity contribution is -0.170. The van der Waals surface area contributed by atoms with Gasteiger partial charge in [-0.3, -0.25) is 9.69 Å². The minimum Gasteiger partial charge on any atom is -0.476 e. The van der Waals surface area contributed by atoms with Crippen LogP contribution in [0.2, 0.25) is 0 Å². The molecule has 0 saturated heterocycles. The van der Waals surface area contributed by atoms with Gasteiger partial charge in [0.15, 0.2) is 5.60 Å². The van der Waals surface area contributed by atoms with Crippen LogP contribution in [0.15, 0.2) is 42.5 Å². The number of anilines is 1. The van der Waals surface area contributed by atoms with Gasteiger partial charge >= 0.3 is 5.97 Å². The molecule has 2 aromatic carbocycles. The van der Waals surface area contributed by atoms with Crippen molar-refractivity contribution in [1.29, 1.82) is 0 Å². The first-order valence-electron chi connectivity index (χ1n) is 13.1. The van der Waals surface area contributed by atoms with E-state index in [-0.39, 0.29) is 17.9 Å². The highest BCUT2D eigenvalue weighted by Gasteiger charge is 2.34. The number of rotatable bonds is 11. The molecule has 2 aromatic rings. The van der Waals surface area contributed by atoms with E-state index in [1.54, 1.807) is 21.0 Å². The lowest BCUT2D eigenvalue weighted by Gasteiger charge is -2.29. The first kappa shape index (κ1) is 31.3. The average Bonchev–Trinajstić information content (AvgIpc) is 2.78. The Morgan fingerprint density at radius 1 is 0.921 bits per heavy atom. The summed E-state index contributed by atoms with van der Waals surface area (Å²) in [6.07, 6.45) is 0. The van der Waals surface area contributed by atoms with Gasteiger partial charge in [0.25, 0.3) is 0 Å². The van der Waals surface area contributed by atoms with Gasteiger partial charge in [0.05, 0.1) is 13.2 Å². The molecule has 0 unspecified atom stereocenters. The van der Waals surface area contributed by atoms with Crippen molar-refractivity contribution in [3.05, 3.63) is 59.2 Å². The molecular weight excluding hydrogens is 480 g/mol. The van der Waals surface area contributed by atoms with Crippen molar-refractivity contribution in [2.24, 2.45) is 0 Å². The zero-order valence-electron chi connectivity index (χ0n) is 24.9. The molecule has 0 aliphatic heterocycles. The third kappa shape index (κ3) is 10.1. The van der Waals surface area contributed by atoms with Crippen LogP contribution < -0.4 is 10.1 Å². The number of carbonyl (C=O) groups is 2. The first-order chi connectivity index (χ1) is 17.5. The molecule has 0 saturated carbocycles. The number of aryl methyl sites for hydroxylation is 1. The second-order valence-electron chi connectivity index (χ2n) is 12.3. The Labute approximate surface area is 228 Å². The molecule has 2 rings (SSSR count). The maximum absolute atomic E-state index is 12.9.